The van der Waals surface area contributed by atoms with Gasteiger partial charge in [0.1, 0.15) is 0 Å². The first kappa shape index (κ1) is 15.8. The van der Waals surface area contributed by atoms with E-state index in [9.17, 15) is 4.79 Å². The molecular weight excluding hydrogens is 262 g/mol. The Hall–Kier alpha value is -1.55. The number of rotatable bonds is 7. The second kappa shape index (κ2) is 8.67. The molecule has 3 N–H and O–H groups in total. The van der Waals surface area contributed by atoms with Crippen molar-refractivity contribution in [2.24, 2.45) is 0 Å². The molecule has 2 rings (SSSR count). The molecule has 1 aliphatic rings. The maximum atomic E-state index is 11.8. The van der Waals surface area contributed by atoms with E-state index in [0.29, 0.717) is 12.6 Å². The van der Waals surface area contributed by atoms with E-state index in [-0.39, 0.29) is 6.03 Å². The number of carbonyl (C=O) groups is 1. The van der Waals surface area contributed by atoms with Crippen LogP contribution in [0.3, 0.4) is 0 Å². The Kier molecular flexibility index (Phi) is 6.54. The molecule has 1 aromatic rings. The smallest absolute Gasteiger partial charge is 0.319 e. The van der Waals surface area contributed by atoms with Crippen molar-refractivity contribution in [3.8, 4) is 0 Å². The van der Waals surface area contributed by atoms with Gasteiger partial charge in [-0.15, -0.1) is 0 Å². The molecule has 1 aromatic carbocycles. The first-order valence-electron chi connectivity index (χ1n) is 8.15. The molecule has 116 valence electrons. The Morgan fingerprint density at radius 1 is 1.29 bits per heavy atom. The average molecular weight is 289 g/mol. The van der Waals surface area contributed by atoms with Gasteiger partial charge in [0.05, 0.1) is 0 Å². The quantitative estimate of drug-likeness (QED) is 0.675. The summed E-state index contributed by atoms with van der Waals surface area (Å²) in [6, 6.07) is 8.47. The summed E-state index contributed by atoms with van der Waals surface area (Å²) in [5.74, 6) is 0. The fraction of sp³-hybridized carbons (Fsp3) is 0.588. The third-order valence-corrected chi connectivity index (χ3v) is 3.95. The van der Waals surface area contributed by atoms with E-state index >= 15 is 0 Å². The number of benzene rings is 1. The highest BCUT2D eigenvalue weighted by Crippen LogP contribution is 2.12. The highest BCUT2D eigenvalue weighted by atomic mass is 16.2. The average Bonchev–Trinajstić information content (AvgIpc) is 3.01. The lowest BCUT2D eigenvalue weighted by Gasteiger charge is -2.12. The van der Waals surface area contributed by atoms with Crippen molar-refractivity contribution in [1.29, 1.82) is 0 Å². The van der Waals surface area contributed by atoms with Crippen LogP contribution in [-0.2, 0) is 6.42 Å². The Balaban J connectivity index is 1.70. The van der Waals surface area contributed by atoms with Crippen molar-refractivity contribution in [3.05, 3.63) is 29.8 Å². The van der Waals surface area contributed by atoms with Crippen molar-refractivity contribution >= 4 is 11.7 Å². The van der Waals surface area contributed by atoms with E-state index in [1.807, 2.05) is 12.1 Å². The predicted molar refractivity (Wildman–Crippen MR) is 87.7 cm³/mol. The third-order valence-electron chi connectivity index (χ3n) is 3.95. The minimum atomic E-state index is -0.123. The fourth-order valence-corrected chi connectivity index (χ4v) is 2.66. The number of hydrogen-bond acceptors (Lipinski definition) is 2. The summed E-state index contributed by atoms with van der Waals surface area (Å²) in [6.07, 6.45) is 7.22. The van der Waals surface area contributed by atoms with Gasteiger partial charge in [0, 0.05) is 18.3 Å². The second-order valence-electron chi connectivity index (χ2n) is 5.78. The van der Waals surface area contributed by atoms with E-state index in [1.165, 1.54) is 31.2 Å². The van der Waals surface area contributed by atoms with E-state index in [0.717, 1.165) is 25.1 Å². The SMILES string of the molecule is CCCCCc1ccc(NC(=O)NC[C@H]2CCCN2)cc1. The summed E-state index contributed by atoms with van der Waals surface area (Å²) < 4.78 is 0. The molecule has 0 aliphatic carbocycles. The van der Waals surface area contributed by atoms with Crippen LogP contribution in [0.15, 0.2) is 24.3 Å². The topological polar surface area (TPSA) is 53.2 Å². The van der Waals surface area contributed by atoms with Gasteiger partial charge in [-0.1, -0.05) is 31.9 Å². The van der Waals surface area contributed by atoms with E-state index in [2.05, 4.69) is 35.0 Å². The molecule has 0 radical (unpaired) electrons. The summed E-state index contributed by atoms with van der Waals surface area (Å²) in [4.78, 5) is 11.8. The van der Waals surface area contributed by atoms with E-state index in [4.69, 9.17) is 0 Å². The highest BCUT2D eigenvalue weighted by Gasteiger charge is 2.14. The number of aryl methyl sites for hydroxylation is 1. The molecule has 1 fully saturated rings. The Morgan fingerprint density at radius 3 is 2.76 bits per heavy atom. The van der Waals surface area contributed by atoms with Gasteiger partial charge in [0.2, 0.25) is 0 Å². The number of unbranched alkanes of at least 4 members (excludes halogenated alkanes) is 2. The number of urea groups is 1. The van der Waals surface area contributed by atoms with Crippen LogP contribution in [0.25, 0.3) is 0 Å². The van der Waals surface area contributed by atoms with Crippen molar-refractivity contribution in [1.82, 2.24) is 10.6 Å². The molecule has 0 bridgehead atoms. The standard InChI is InChI=1S/C17H27N3O/c1-2-3-4-6-14-8-10-15(11-9-14)20-17(21)19-13-16-7-5-12-18-16/h8-11,16,18H,2-7,12-13H2,1H3,(H2,19,20,21)/t16-/m1/s1. The fourth-order valence-electron chi connectivity index (χ4n) is 2.66. The largest absolute Gasteiger partial charge is 0.336 e. The normalized spacial score (nSPS) is 17.7. The highest BCUT2D eigenvalue weighted by molar-refractivity contribution is 5.89. The molecule has 1 heterocycles. The maximum Gasteiger partial charge on any atom is 0.319 e. The minimum Gasteiger partial charge on any atom is -0.336 e. The zero-order valence-corrected chi connectivity index (χ0v) is 13.0. The van der Waals surface area contributed by atoms with Gasteiger partial charge in [0.25, 0.3) is 0 Å². The van der Waals surface area contributed by atoms with Crippen LogP contribution in [-0.4, -0.2) is 25.2 Å². The first-order valence-corrected chi connectivity index (χ1v) is 8.15. The van der Waals surface area contributed by atoms with Gasteiger partial charge in [-0.05, 0) is 49.9 Å². The molecule has 4 nitrogen and oxygen atoms in total. The Labute approximate surface area is 127 Å². The third kappa shape index (κ3) is 5.76. The minimum absolute atomic E-state index is 0.123. The summed E-state index contributed by atoms with van der Waals surface area (Å²) in [7, 11) is 0. The first-order chi connectivity index (χ1) is 10.3. The number of hydrogen-bond donors (Lipinski definition) is 3. The van der Waals surface area contributed by atoms with Crippen LogP contribution in [0, 0.1) is 0 Å². The van der Waals surface area contributed by atoms with Crippen LogP contribution < -0.4 is 16.0 Å². The van der Waals surface area contributed by atoms with Crippen LogP contribution in [0.4, 0.5) is 10.5 Å². The predicted octanol–water partition coefficient (Wildman–Crippen LogP) is 3.29. The van der Waals surface area contributed by atoms with E-state index in [1.54, 1.807) is 0 Å². The van der Waals surface area contributed by atoms with Gasteiger partial charge >= 0.3 is 6.03 Å². The van der Waals surface area contributed by atoms with Crippen molar-refractivity contribution in [2.75, 3.05) is 18.4 Å². The molecule has 1 saturated heterocycles. The van der Waals surface area contributed by atoms with E-state index < -0.39 is 0 Å². The molecule has 1 atom stereocenters. The zero-order valence-electron chi connectivity index (χ0n) is 13.0. The molecule has 0 aromatic heterocycles. The lowest BCUT2D eigenvalue weighted by atomic mass is 10.1. The molecule has 4 heteroatoms. The number of carbonyl (C=O) groups excluding carboxylic acids is 1. The molecule has 0 spiro atoms. The van der Waals surface area contributed by atoms with Crippen molar-refractivity contribution in [3.63, 3.8) is 0 Å². The summed E-state index contributed by atoms with van der Waals surface area (Å²) in [5, 5.41) is 9.16. The number of nitrogens with one attached hydrogen (secondary N) is 3. The molecule has 0 unspecified atom stereocenters. The molecule has 0 saturated carbocycles. The maximum absolute atomic E-state index is 11.8. The summed E-state index contributed by atoms with van der Waals surface area (Å²) in [5.41, 5.74) is 2.19. The molecule has 21 heavy (non-hydrogen) atoms. The van der Waals surface area contributed by atoms with Crippen molar-refractivity contribution < 1.29 is 4.79 Å². The van der Waals surface area contributed by atoms with Crippen LogP contribution >= 0.6 is 0 Å². The van der Waals surface area contributed by atoms with Gasteiger partial charge in [-0.25, -0.2) is 4.79 Å². The zero-order chi connectivity index (χ0) is 14.9. The molecular formula is C17H27N3O. The van der Waals surface area contributed by atoms with Gasteiger partial charge < -0.3 is 16.0 Å². The number of amides is 2. The lowest BCUT2D eigenvalue weighted by molar-refractivity contribution is 0.251. The van der Waals surface area contributed by atoms with Gasteiger partial charge in [0.15, 0.2) is 0 Å². The lowest BCUT2D eigenvalue weighted by Crippen LogP contribution is -2.39. The van der Waals surface area contributed by atoms with Crippen LogP contribution in [0.5, 0.6) is 0 Å². The second-order valence-corrected chi connectivity index (χ2v) is 5.78. The van der Waals surface area contributed by atoms with Gasteiger partial charge in [-0.3, -0.25) is 0 Å². The summed E-state index contributed by atoms with van der Waals surface area (Å²) >= 11 is 0. The Bertz CT molecular complexity index is 424. The Morgan fingerprint density at radius 2 is 2.10 bits per heavy atom. The van der Waals surface area contributed by atoms with Crippen LogP contribution in [0.1, 0.15) is 44.6 Å². The number of anilines is 1. The molecule has 2 amide bonds. The summed E-state index contributed by atoms with van der Waals surface area (Å²) in [6.45, 7) is 3.97. The molecule has 1 aliphatic heterocycles. The van der Waals surface area contributed by atoms with Gasteiger partial charge in [-0.2, -0.15) is 0 Å². The van der Waals surface area contributed by atoms with Crippen molar-refractivity contribution in [2.45, 2.75) is 51.5 Å². The van der Waals surface area contributed by atoms with Crippen LogP contribution in [0.2, 0.25) is 0 Å². The monoisotopic (exact) mass is 289 g/mol.